The minimum atomic E-state index is 0.0330. The number of ether oxygens (including phenoxy) is 1. The number of hydrogen-bond donors (Lipinski definition) is 0. The van der Waals surface area contributed by atoms with Gasteiger partial charge < -0.3 is 9.64 Å². The molecule has 148 valence electrons. The van der Waals surface area contributed by atoms with Gasteiger partial charge in [-0.05, 0) is 47.4 Å². The molecule has 0 atom stereocenters. The van der Waals surface area contributed by atoms with Crippen molar-refractivity contribution in [1.29, 1.82) is 0 Å². The molecule has 0 N–H and O–H groups in total. The Bertz CT molecular complexity index is 911. The highest BCUT2D eigenvalue weighted by atomic mass is 32.2. The average Bonchev–Trinajstić information content (AvgIpc) is 3.35. The van der Waals surface area contributed by atoms with Crippen LogP contribution in [0.15, 0.2) is 40.9 Å². The molecule has 0 unspecified atom stereocenters. The molecular formula is C19H23N5O2S2. The van der Waals surface area contributed by atoms with Gasteiger partial charge in [0, 0.05) is 18.5 Å². The second-order valence-electron chi connectivity index (χ2n) is 6.34. The maximum absolute atomic E-state index is 12.8. The molecule has 7 nitrogen and oxygen atoms in total. The van der Waals surface area contributed by atoms with Crippen LogP contribution in [0.2, 0.25) is 0 Å². The van der Waals surface area contributed by atoms with Crippen LogP contribution in [0.1, 0.15) is 16.0 Å². The average molecular weight is 418 g/mol. The first-order valence-corrected chi connectivity index (χ1v) is 10.7. The standard InChI is InChI=1S/C19H23N5O2S2/c1-14-6-7-17(15(2)11-14)24-19(20-21-22-24)28-13-18(25)23(8-9-26-3)12-16-5-4-10-27-16/h4-7,10-11H,8-9,12-13H2,1-3H3. The van der Waals surface area contributed by atoms with Gasteiger partial charge >= 0.3 is 0 Å². The number of amides is 1. The summed E-state index contributed by atoms with van der Waals surface area (Å²) in [5, 5.41) is 14.6. The zero-order valence-corrected chi connectivity index (χ0v) is 17.8. The van der Waals surface area contributed by atoms with E-state index < -0.39 is 0 Å². The lowest BCUT2D eigenvalue weighted by Crippen LogP contribution is -2.34. The number of hydrogen-bond acceptors (Lipinski definition) is 7. The first-order chi connectivity index (χ1) is 13.6. The van der Waals surface area contributed by atoms with E-state index in [0.29, 0.717) is 24.9 Å². The SMILES string of the molecule is COCCN(Cc1cccs1)C(=O)CSc1nnnn1-c1ccc(C)cc1C. The highest BCUT2D eigenvalue weighted by Gasteiger charge is 2.18. The van der Waals surface area contributed by atoms with E-state index >= 15 is 0 Å². The van der Waals surface area contributed by atoms with Gasteiger partial charge in [-0.3, -0.25) is 4.79 Å². The van der Waals surface area contributed by atoms with E-state index in [4.69, 9.17) is 4.74 Å². The summed E-state index contributed by atoms with van der Waals surface area (Å²) < 4.78 is 6.84. The number of rotatable bonds is 9. The maximum atomic E-state index is 12.8. The molecule has 0 aliphatic heterocycles. The number of benzene rings is 1. The Morgan fingerprint density at radius 3 is 2.89 bits per heavy atom. The van der Waals surface area contributed by atoms with Crippen LogP contribution < -0.4 is 0 Å². The van der Waals surface area contributed by atoms with E-state index in [2.05, 4.69) is 21.6 Å². The molecule has 0 spiro atoms. The predicted octanol–water partition coefficient (Wildman–Crippen LogP) is 3.11. The molecule has 3 rings (SSSR count). The number of thiophene rings is 1. The summed E-state index contributed by atoms with van der Waals surface area (Å²) in [5.41, 5.74) is 3.18. The third kappa shape index (κ3) is 5.18. The summed E-state index contributed by atoms with van der Waals surface area (Å²) in [7, 11) is 1.64. The maximum Gasteiger partial charge on any atom is 0.233 e. The molecule has 0 radical (unpaired) electrons. The van der Waals surface area contributed by atoms with E-state index in [9.17, 15) is 4.79 Å². The highest BCUT2D eigenvalue weighted by Crippen LogP contribution is 2.22. The fraction of sp³-hybridized carbons (Fsp3) is 0.368. The number of carbonyl (C=O) groups is 1. The monoisotopic (exact) mass is 417 g/mol. The number of aromatic nitrogens is 4. The number of thioether (sulfide) groups is 1. The molecule has 3 aromatic rings. The molecule has 1 aromatic carbocycles. The van der Waals surface area contributed by atoms with Crippen molar-refractivity contribution in [2.24, 2.45) is 0 Å². The minimum absolute atomic E-state index is 0.0330. The molecule has 1 amide bonds. The van der Waals surface area contributed by atoms with Crippen molar-refractivity contribution in [2.45, 2.75) is 25.5 Å². The summed E-state index contributed by atoms with van der Waals surface area (Å²) in [4.78, 5) is 15.8. The largest absolute Gasteiger partial charge is 0.383 e. The van der Waals surface area contributed by atoms with Crippen molar-refractivity contribution in [3.05, 3.63) is 51.7 Å². The summed E-state index contributed by atoms with van der Waals surface area (Å²) in [5.74, 6) is 0.297. The van der Waals surface area contributed by atoms with Crippen molar-refractivity contribution in [1.82, 2.24) is 25.1 Å². The topological polar surface area (TPSA) is 73.1 Å². The summed E-state index contributed by atoms with van der Waals surface area (Å²) in [6.07, 6.45) is 0. The van der Waals surface area contributed by atoms with Crippen LogP contribution in [0.3, 0.4) is 0 Å². The molecule has 0 saturated carbocycles. The fourth-order valence-corrected chi connectivity index (χ4v) is 4.27. The Hall–Kier alpha value is -2.23. The Balaban J connectivity index is 1.68. The lowest BCUT2D eigenvalue weighted by atomic mass is 10.1. The van der Waals surface area contributed by atoms with Gasteiger partial charge in [0.2, 0.25) is 11.1 Å². The van der Waals surface area contributed by atoms with Gasteiger partial charge in [-0.2, -0.15) is 4.68 Å². The van der Waals surface area contributed by atoms with Crippen molar-refractivity contribution < 1.29 is 9.53 Å². The molecule has 0 aliphatic carbocycles. The van der Waals surface area contributed by atoms with Gasteiger partial charge in [0.15, 0.2) is 0 Å². The molecular weight excluding hydrogens is 394 g/mol. The second-order valence-corrected chi connectivity index (χ2v) is 8.31. The Morgan fingerprint density at radius 1 is 1.32 bits per heavy atom. The number of methoxy groups -OCH3 is 1. The van der Waals surface area contributed by atoms with Crippen LogP contribution in [-0.4, -0.2) is 57.0 Å². The molecule has 0 fully saturated rings. The number of aryl methyl sites for hydroxylation is 2. The quantitative estimate of drug-likeness (QED) is 0.498. The Labute approximate surface area is 172 Å². The molecule has 0 aliphatic rings. The highest BCUT2D eigenvalue weighted by molar-refractivity contribution is 7.99. The summed E-state index contributed by atoms with van der Waals surface area (Å²) in [6.45, 7) is 5.71. The van der Waals surface area contributed by atoms with E-state index in [1.54, 1.807) is 23.1 Å². The third-order valence-corrected chi connectivity index (χ3v) is 5.96. The van der Waals surface area contributed by atoms with Crippen LogP contribution in [0.4, 0.5) is 0 Å². The first kappa shape index (κ1) is 20.5. The Kier molecular flexibility index (Phi) is 7.18. The Morgan fingerprint density at radius 2 is 2.18 bits per heavy atom. The van der Waals surface area contributed by atoms with Crippen LogP contribution in [0.5, 0.6) is 0 Å². The van der Waals surface area contributed by atoms with Crippen molar-refractivity contribution in [2.75, 3.05) is 26.0 Å². The van der Waals surface area contributed by atoms with E-state index in [1.165, 1.54) is 17.3 Å². The van der Waals surface area contributed by atoms with Gasteiger partial charge in [0.05, 0.1) is 24.6 Å². The zero-order valence-electron chi connectivity index (χ0n) is 16.2. The van der Waals surface area contributed by atoms with E-state index in [0.717, 1.165) is 16.1 Å². The van der Waals surface area contributed by atoms with Gasteiger partial charge in [0.1, 0.15) is 0 Å². The van der Waals surface area contributed by atoms with Gasteiger partial charge in [0.25, 0.3) is 0 Å². The van der Waals surface area contributed by atoms with Crippen molar-refractivity contribution in [3.8, 4) is 5.69 Å². The molecule has 28 heavy (non-hydrogen) atoms. The van der Waals surface area contributed by atoms with Crippen molar-refractivity contribution >= 4 is 29.0 Å². The van der Waals surface area contributed by atoms with Crippen LogP contribution in [-0.2, 0) is 16.1 Å². The predicted molar refractivity (Wildman–Crippen MR) is 111 cm³/mol. The van der Waals surface area contributed by atoms with E-state index in [-0.39, 0.29) is 11.7 Å². The number of nitrogens with zero attached hydrogens (tertiary/aromatic N) is 5. The van der Waals surface area contributed by atoms with Crippen molar-refractivity contribution in [3.63, 3.8) is 0 Å². The van der Waals surface area contributed by atoms with Crippen LogP contribution >= 0.6 is 23.1 Å². The molecule has 9 heteroatoms. The second kappa shape index (κ2) is 9.81. The summed E-state index contributed by atoms with van der Waals surface area (Å²) in [6, 6.07) is 10.1. The number of tetrazole rings is 1. The minimum Gasteiger partial charge on any atom is -0.383 e. The van der Waals surface area contributed by atoms with E-state index in [1.807, 2.05) is 48.4 Å². The number of carbonyl (C=O) groups excluding carboxylic acids is 1. The van der Waals surface area contributed by atoms with Gasteiger partial charge in [-0.1, -0.05) is 35.5 Å². The third-order valence-electron chi connectivity index (χ3n) is 4.19. The van der Waals surface area contributed by atoms with Crippen LogP contribution in [0, 0.1) is 13.8 Å². The first-order valence-electron chi connectivity index (χ1n) is 8.86. The molecule has 2 aromatic heterocycles. The zero-order chi connectivity index (χ0) is 19.9. The van der Waals surface area contributed by atoms with Crippen LogP contribution in [0.25, 0.3) is 5.69 Å². The van der Waals surface area contributed by atoms with Gasteiger partial charge in [-0.15, -0.1) is 16.4 Å². The smallest absolute Gasteiger partial charge is 0.233 e. The normalized spacial score (nSPS) is 11.0. The summed E-state index contributed by atoms with van der Waals surface area (Å²) >= 11 is 2.98. The fourth-order valence-electron chi connectivity index (χ4n) is 2.76. The lowest BCUT2D eigenvalue weighted by molar-refractivity contribution is -0.129. The lowest BCUT2D eigenvalue weighted by Gasteiger charge is -2.21. The molecule has 2 heterocycles. The molecule has 0 saturated heterocycles. The molecule has 0 bridgehead atoms. The van der Waals surface area contributed by atoms with Gasteiger partial charge in [-0.25, -0.2) is 0 Å².